The predicted molar refractivity (Wildman–Crippen MR) is 88.1 cm³/mol. The van der Waals surface area contributed by atoms with Gasteiger partial charge in [-0.3, -0.25) is 0 Å². The standard InChI is InChI=1S/C15H15N3O3S2/c1-23(19,20)15-17-16-14(22-15)11-18(10-13-8-5-9-21-13)12-6-3-2-4-7-12/h2-9H,10-11H2,1H3. The molecule has 0 saturated heterocycles. The highest BCUT2D eigenvalue weighted by Crippen LogP contribution is 2.23. The van der Waals surface area contributed by atoms with Gasteiger partial charge in [0.2, 0.25) is 14.2 Å². The maximum atomic E-state index is 11.5. The second kappa shape index (κ2) is 6.51. The molecule has 0 fully saturated rings. The van der Waals surface area contributed by atoms with Crippen LogP contribution in [0.2, 0.25) is 0 Å². The first kappa shape index (κ1) is 15.7. The molecule has 0 aliphatic heterocycles. The first-order chi connectivity index (χ1) is 11.0. The van der Waals surface area contributed by atoms with Gasteiger partial charge in [-0.1, -0.05) is 29.5 Å². The fourth-order valence-corrected chi connectivity index (χ4v) is 3.75. The first-order valence-corrected chi connectivity index (χ1v) is 9.58. The lowest BCUT2D eigenvalue weighted by Crippen LogP contribution is -2.21. The molecular weight excluding hydrogens is 334 g/mol. The van der Waals surface area contributed by atoms with E-state index >= 15 is 0 Å². The van der Waals surface area contributed by atoms with Crippen LogP contribution in [-0.2, 0) is 22.9 Å². The molecule has 3 rings (SSSR count). The van der Waals surface area contributed by atoms with E-state index in [1.165, 1.54) is 0 Å². The van der Waals surface area contributed by atoms with Gasteiger partial charge in [-0.15, -0.1) is 10.2 Å². The van der Waals surface area contributed by atoms with E-state index in [2.05, 4.69) is 15.1 Å². The predicted octanol–water partition coefficient (Wildman–Crippen LogP) is 2.74. The van der Waals surface area contributed by atoms with Crippen molar-refractivity contribution in [2.24, 2.45) is 0 Å². The fourth-order valence-electron chi connectivity index (χ4n) is 2.08. The monoisotopic (exact) mass is 349 g/mol. The van der Waals surface area contributed by atoms with Crippen molar-refractivity contribution < 1.29 is 12.8 Å². The van der Waals surface area contributed by atoms with Crippen molar-refractivity contribution in [1.82, 2.24) is 10.2 Å². The molecule has 6 nitrogen and oxygen atoms in total. The number of hydrogen-bond acceptors (Lipinski definition) is 7. The zero-order chi connectivity index (χ0) is 16.3. The van der Waals surface area contributed by atoms with Crippen LogP contribution in [0.25, 0.3) is 0 Å². The normalized spacial score (nSPS) is 11.5. The Hall–Kier alpha value is -2.19. The first-order valence-electron chi connectivity index (χ1n) is 6.87. The molecule has 0 aliphatic rings. The number of rotatable bonds is 6. The minimum absolute atomic E-state index is 0.0403. The van der Waals surface area contributed by atoms with Crippen molar-refractivity contribution in [3.63, 3.8) is 0 Å². The second-order valence-electron chi connectivity index (χ2n) is 5.00. The smallest absolute Gasteiger partial charge is 0.232 e. The van der Waals surface area contributed by atoms with Crippen molar-refractivity contribution >= 4 is 26.9 Å². The molecule has 0 N–H and O–H groups in total. The van der Waals surface area contributed by atoms with Crippen LogP contribution in [-0.4, -0.2) is 24.9 Å². The molecule has 8 heteroatoms. The fraction of sp³-hybridized carbons (Fsp3) is 0.200. The summed E-state index contributed by atoms with van der Waals surface area (Å²) in [6.07, 6.45) is 2.76. The summed E-state index contributed by atoms with van der Waals surface area (Å²) < 4.78 is 28.5. The lowest BCUT2D eigenvalue weighted by atomic mass is 10.2. The molecule has 0 aliphatic carbocycles. The topological polar surface area (TPSA) is 76.3 Å². The molecule has 0 atom stereocenters. The molecule has 0 spiro atoms. The van der Waals surface area contributed by atoms with Gasteiger partial charge in [0, 0.05) is 11.9 Å². The van der Waals surface area contributed by atoms with E-state index in [1.807, 2.05) is 42.5 Å². The number of nitrogens with zero attached hydrogens (tertiary/aromatic N) is 3. The molecule has 0 unspecified atom stereocenters. The molecular formula is C15H15N3O3S2. The molecule has 2 aromatic heterocycles. The van der Waals surface area contributed by atoms with Crippen molar-refractivity contribution in [1.29, 1.82) is 0 Å². The summed E-state index contributed by atoms with van der Waals surface area (Å²) in [7, 11) is -3.32. The third-order valence-electron chi connectivity index (χ3n) is 3.14. The third-order valence-corrected chi connectivity index (χ3v) is 5.72. The second-order valence-corrected chi connectivity index (χ2v) is 8.26. The van der Waals surface area contributed by atoms with E-state index in [0.29, 0.717) is 18.1 Å². The van der Waals surface area contributed by atoms with Gasteiger partial charge in [0.25, 0.3) is 0 Å². The van der Waals surface area contributed by atoms with E-state index in [9.17, 15) is 8.42 Å². The number of sulfone groups is 1. The summed E-state index contributed by atoms with van der Waals surface area (Å²) in [6.45, 7) is 1.02. The Balaban J connectivity index is 1.85. The average Bonchev–Trinajstić information content (AvgIpc) is 3.18. The van der Waals surface area contributed by atoms with E-state index < -0.39 is 9.84 Å². The van der Waals surface area contributed by atoms with Crippen LogP contribution in [0.1, 0.15) is 10.8 Å². The van der Waals surface area contributed by atoms with Crippen LogP contribution in [0.4, 0.5) is 5.69 Å². The van der Waals surface area contributed by atoms with Gasteiger partial charge in [-0.25, -0.2) is 8.42 Å². The summed E-state index contributed by atoms with van der Waals surface area (Å²) in [5.41, 5.74) is 1.00. The van der Waals surface area contributed by atoms with E-state index in [0.717, 1.165) is 29.0 Å². The summed E-state index contributed by atoms with van der Waals surface area (Å²) >= 11 is 1.09. The quantitative estimate of drug-likeness (QED) is 0.681. The number of anilines is 1. The van der Waals surface area contributed by atoms with Crippen molar-refractivity contribution in [2.75, 3.05) is 11.2 Å². The summed E-state index contributed by atoms with van der Waals surface area (Å²) in [5, 5.41) is 8.40. The van der Waals surface area contributed by atoms with Crippen LogP contribution in [0.5, 0.6) is 0 Å². The van der Waals surface area contributed by atoms with Crippen LogP contribution in [0, 0.1) is 0 Å². The Labute approximate surface area is 138 Å². The molecule has 0 amide bonds. The maximum Gasteiger partial charge on any atom is 0.232 e. The van der Waals surface area contributed by atoms with Crippen LogP contribution < -0.4 is 4.90 Å². The average molecular weight is 349 g/mol. The Kier molecular flexibility index (Phi) is 4.44. The Morgan fingerprint density at radius 2 is 1.87 bits per heavy atom. The molecule has 120 valence electrons. The highest BCUT2D eigenvalue weighted by Gasteiger charge is 2.17. The summed E-state index contributed by atoms with van der Waals surface area (Å²) in [6, 6.07) is 13.6. The van der Waals surface area contributed by atoms with Crippen molar-refractivity contribution in [2.45, 2.75) is 17.4 Å². The minimum Gasteiger partial charge on any atom is -0.467 e. The van der Waals surface area contributed by atoms with Crippen LogP contribution in [0.15, 0.2) is 57.5 Å². The van der Waals surface area contributed by atoms with Gasteiger partial charge in [-0.2, -0.15) is 0 Å². The highest BCUT2D eigenvalue weighted by atomic mass is 32.2. The van der Waals surface area contributed by atoms with Gasteiger partial charge in [0.15, 0.2) is 0 Å². The lowest BCUT2D eigenvalue weighted by Gasteiger charge is -2.22. The summed E-state index contributed by atoms with van der Waals surface area (Å²) in [4.78, 5) is 2.06. The SMILES string of the molecule is CS(=O)(=O)c1nnc(CN(Cc2ccco2)c2ccccc2)s1. The minimum atomic E-state index is -3.32. The number of aromatic nitrogens is 2. The largest absolute Gasteiger partial charge is 0.467 e. The maximum absolute atomic E-state index is 11.5. The Morgan fingerprint density at radius 3 is 2.48 bits per heavy atom. The lowest BCUT2D eigenvalue weighted by molar-refractivity contribution is 0.501. The van der Waals surface area contributed by atoms with Crippen LogP contribution in [0.3, 0.4) is 0 Å². The third kappa shape index (κ3) is 3.96. The van der Waals surface area contributed by atoms with Gasteiger partial charge in [0.1, 0.15) is 10.8 Å². The van der Waals surface area contributed by atoms with Crippen molar-refractivity contribution in [3.05, 3.63) is 59.5 Å². The Bertz CT molecular complexity index is 859. The Morgan fingerprint density at radius 1 is 1.09 bits per heavy atom. The summed E-state index contributed by atoms with van der Waals surface area (Å²) in [5.74, 6) is 0.821. The number of furan rings is 1. The van der Waals surface area contributed by atoms with Gasteiger partial charge >= 0.3 is 0 Å². The van der Waals surface area contributed by atoms with Crippen LogP contribution >= 0.6 is 11.3 Å². The van der Waals surface area contributed by atoms with Gasteiger partial charge < -0.3 is 9.32 Å². The number of para-hydroxylation sites is 1. The van der Waals surface area contributed by atoms with E-state index in [-0.39, 0.29) is 4.34 Å². The van der Waals surface area contributed by atoms with E-state index in [1.54, 1.807) is 6.26 Å². The molecule has 2 heterocycles. The highest BCUT2D eigenvalue weighted by molar-refractivity contribution is 7.92. The molecule has 0 radical (unpaired) electrons. The van der Waals surface area contributed by atoms with Gasteiger partial charge in [-0.05, 0) is 24.3 Å². The number of benzene rings is 1. The zero-order valence-electron chi connectivity index (χ0n) is 12.4. The van der Waals surface area contributed by atoms with Crippen molar-refractivity contribution in [3.8, 4) is 0 Å². The molecule has 23 heavy (non-hydrogen) atoms. The van der Waals surface area contributed by atoms with E-state index in [4.69, 9.17) is 4.42 Å². The van der Waals surface area contributed by atoms with Gasteiger partial charge in [0.05, 0.1) is 19.4 Å². The zero-order valence-corrected chi connectivity index (χ0v) is 14.0. The number of hydrogen-bond donors (Lipinski definition) is 0. The molecule has 3 aromatic rings. The molecule has 0 saturated carbocycles. The molecule has 0 bridgehead atoms. The molecule has 1 aromatic carbocycles.